The number of halogens is 1. The van der Waals surface area contributed by atoms with Crippen LogP contribution in [0, 0.1) is 0 Å². The van der Waals surface area contributed by atoms with Crippen LogP contribution in [-0.4, -0.2) is 44.9 Å². The van der Waals surface area contributed by atoms with E-state index in [0.29, 0.717) is 30.3 Å². The van der Waals surface area contributed by atoms with Crippen LogP contribution in [-0.2, 0) is 16.1 Å². The fraction of sp³-hybridized carbons (Fsp3) is 0.227. The number of benzene rings is 1. The third kappa shape index (κ3) is 4.08. The zero-order valence-corrected chi connectivity index (χ0v) is 18.3. The molecule has 0 spiro atoms. The van der Waals surface area contributed by atoms with Crippen LogP contribution in [0.5, 0.6) is 5.75 Å². The molecule has 3 aromatic rings. The molecular weight excluding hydrogens is 438 g/mol. The molecule has 3 heterocycles. The number of amides is 1. The number of Topliss-reactive ketones (excluding diaryl/α,β-unsaturated/α-hetero) is 1. The number of carbonyl (C=O) groups is 2. The smallest absolute Gasteiger partial charge is 0.295 e. The summed E-state index contributed by atoms with van der Waals surface area (Å²) in [7, 11) is 1.46. The summed E-state index contributed by atoms with van der Waals surface area (Å²) in [5.74, 6) is -1.29. The average molecular weight is 458 g/mol. The second-order valence-electron chi connectivity index (χ2n) is 7.01. The van der Waals surface area contributed by atoms with Gasteiger partial charge in [0.2, 0.25) is 0 Å². The van der Waals surface area contributed by atoms with Crippen LogP contribution in [0.2, 0.25) is 5.02 Å². The van der Waals surface area contributed by atoms with Gasteiger partial charge >= 0.3 is 0 Å². The molecule has 7 nitrogen and oxygen atoms in total. The molecule has 160 valence electrons. The number of nitrogens with zero attached hydrogens (tertiary/aromatic N) is 3. The number of thiophene rings is 1. The van der Waals surface area contributed by atoms with Crippen molar-refractivity contribution in [2.24, 2.45) is 0 Å². The van der Waals surface area contributed by atoms with Crippen LogP contribution < -0.4 is 4.74 Å². The molecule has 0 saturated carbocycles. The molecule has 4 rings (SSSR count). The lowest BCUT2D eigenvalue weighted by molar-refractivity contribution is -0.139. The minimum Gasteiger partial charge on any atom is -0.507 e. The predicted molar refractivity (Wildman–Crippen MR) is 118 cm³/mol. The summed E-state index contributed by atoms with van der Waals surface area (Å²) >= 11 is 7.54. The molecule has 1 aliphatic rings. The van der Waals surface area contributed by atoms with E-state index in [2.05, 4.69) is 4.98 Å². The van der Waals surface area contributed by atoms with E-state index in [1.807, 2.05) is 28.3 Å². The number of aliphatic hydroxyl groups excluding tert-OH is 1. The highest BCUT2D eigenvalue weighted by atomic mass is 35.5. The van der Waals surface area contributed by atoms with E-state index >= 15 is 0 Å². The van der Waals surface area contributed by atoms with Crippen molar-refractivity contribution in [2.45, 2.75) is 19.0 Å². The van der Waals surface area contributed by atoms with Gasteiger partial charge in [0.1, 0.15) is 11.5 Å². The van der Waals surface area contributed by atoms with Crippen LogP contribution >= 0.6 is 22.9 Å². The molecule has 1 atom stereocenters. The summed E-state index contributed by atoms with van der Waals surface area (Å²) in [5.41, 5.74) is 0.309. The van der Waals surface area contributed by atoms with E-state index in [0.717, 1.165) is 4.88 Å². The zero-order chi connectivity index (χ0) is 22.0. The number of aryl methyl sites for hydroxylation is 1. The Balaban J connectivity index is 1.74. The Morgan fingerprint density at radius 1 is 1.29 bits per heavy atom. The highest BCUT2D eigenvalue weighted by molar-refractivity contribution is 7.10. The molecule has 0 radical (unpaired) electrons. The van der Waals surface area contributed by atoms with Gasteiger partial charge in [0, 0.05) is 35.4 Å². The Labute approximate surface area is 188 Å². The quantitative estimate of drug-likeness (QED) is 0.328. The molecule has 1 aliphatic heterocycles. The Hall–Kier alpha value is -3.10. The number of aliphatic hydroxyl groups is 1. The van der Waals surface area contributed by atoms with Crippen molar-refractivity contribution < 1.29 is 19.4 Å². The minimum absolute atomic E-state index is 0.0376. The second-order valence-corrected chi connectivity index (χ2v) is 8.42. The lowest BCUT2D eigenvalue weighted by Crippen LogP contribution is -2.31. The fourth-order valence-corrected chi connectivity index (χ4v) is 4.72. The summed E-state index contributed by atoms with van der Waals surface area (Å²) < 4.78 is 7.24. The van der Waals surface area contributed by atoms with Gasteiger partial charge in [-0.15, -0.1) is 11.3 Å². The van der Waals surface area contributed by atoms with Crippen molar-refractivity contribution in [3.8, 4) is 5.75 Å². The third-order valence-electron chi connectivity index (χ3n) is 5.14. The van der Waals surface area contributed by atoms with Crippen molar-refractivity contribution in [1.29, 1.82) is 0 Å². The molecule has 1 fully saturated rings. The van der Waals surface area contributed by atoms with Crippen LogP contribution in [0.15, 0.2) is 60.0 Å². The van der Waals surface area contributed by atoms with E-state index < -0.39 is 17.7 Å². The van der Waals surface area contributed by atoms with E-state index in [-0.39, 0.29) is 16.9 Å². The number of methoxy groups -OCH3 is 1. The molecule has 1 unspecified atom stereocenters. The minimum atomic E-state index is -0.722. The third-order valence-corrected chi connectivity index (χ3v) is 6.30. The van der Waals surface area contributed by atoms with Crippen molar-refractivity contribution in [3.63, 3.8) is 0 Å². The molecule has 0 aliphatic carbocycles. The number of hydrogen-bond acceptors (Lipinski definition) is 6. The fourth-order valence-electron chi connectivity index (χ4n) is 3.71. The van der Waals surface area contributed by atoms with E-state index in [9.17, 15) is 14.7 Å². The molecular formula is C22H20ClN3O4S. The number of aromatic nitrogens is 2. The number of hydrogen-bond donors (Lipinski definition) is 1. The summed E-state index contributed by atoms with van der Waals surface area (Å²) in [5, 5.41) is 13.4. The summed E-state index contributed by atoms with van der Waals surface area (Å²) in [6, 6.07) is 7.79. The molecule has 1 amide bonds. The molecule has 1 aromatic carbocycles. The van der Waals surface area contributed by atoms with Gasteiger partial charge in [-0.1, -0.05) is 17.7 Å². The monoisotopic (exact) mass is 457 g/mol. The van der Waals surface area contributed by atoms with Gasteiger partial charge in [-0.3, -0.25) is 9.59 Å². The number of ether oxygens (including phenoxy) is 1. The Bertz CT molecular complexity index is 1130. The highest BCUT2D eigenvalue weighted by Gasteiger charge is 2.46. The first-order chi connectivity index (χ1) is 15.0. The van der Waals surface area contributed by atoms with E-state index in [1.54, 1.807) is 24.7 Å². The van der Waals surface area contributed by atoms with Gasteiger partial charge in [-0.25, -0.2) is 4.98 Å². The van der Waals surface area contributed by atoms with Gasteiger partial charge in [-0.2, -0.15) is 0 Å². The lowest BCUT2D eigenvalue weighted by atomic mass is 9.99. The molecule has 1 N–H and O–H groups in total. The van der Waals surface area contributed by atoms with Crippen LogP contribution in [0.1, 0.15) is 22.9 Å². The topological polar surface area (TPSA) is 84.7 Å². The Morgan fingerprint density at radius 3 is 2.81 bits per heavy atom. The van der Waals surface area contributed by atoms with Crippen molar-refractivity contribution >= 4 is 40.4 Å². The van der Waals surface area contributed by atoms with E-state index in [4.69, 9.17) is 16.3 Å². The standard InChI is InChI=1S/C22H20ClN3O4S/c1-30-16-6-5-14(23)12-15(16)20(27)18-19(17-4-2-11-31-17)26(22(29)21(18)28)9-3-8-25-10-7-24-13-25/h2,4-7,10-13,19,27H,3,8-9H2,1H3. The molecule has 1 saturated heterocycles. The largest absolute Gasteiger partial charge is 0.507 e. The summed E-state index contributed by atoms with van der Waals surface area (Å²) in [4.78, 5) is 32.3. The van der Waals surface area contributed by atoms with Crippen LogP contribution in [0.25, 0.3) is 5.76 Å². The van der Waals surface area contributed by atoms with E-state index in [1.165, 1.54) is 29.4 Å². The van der Waals surface area contributed by atoms with Gasteiger partial charge in [0.25, 0.3) is 11.7 Å². The van der Waals surface area contributed by atoms with Crippen molar-refractivity contribution in [2.75, 3.05) is 13.7 Å². The van der Waals surface area contributed by atoms with Crippen molar-refractivity contribution in [1.82, 2.24) is 14.5 Å². The normalized spacial score (nSPS) is 18.0. The predicted octanol–water partition coefficient (Wildman–Crippen LogP) is 4.12. The summed E-state index contributed by atoms with van der Waals surface area (Å²) in [6.45, 7) is 1.01. The maximum absolute atomic E-state index is 13.0. The maximum atomic E-state index is 13.0. The van der Waals surface area contributed by atoms with Crippen molar-refractivity contribution in [3.05, 3.63) is 75.5 Å². The Morgan fingerprint density at radius 2 is 2.13 bits per heavy atom. The number of likely N-dealkylation sites (tertiary alicyclic amines) is 1. The number of ketones is 1. The summed E-state index contributed by atoms with van der Waals surface area (Å²) in [6.07, 6.45) is 5.87. The van der Waals surface area contributed by atoms with Crippen LogP contribution in [0.4, 0.5) is 0 Å². The first-order valence-electron chi connectivity index (χ1n) is 9.62. The van der Waals surface area contributed by atoms with Gasteiger partial charge < -0.3 is 19.3 Å². The molecule has 0 bridgehead atoms. The van der Waals surface area contributed by atoms with Gasteiger partial charge in [-0.05, 0) is 36.1 Å². The first kappa shape index (κ1) is 21.1. The maximum Gasteiger partial charge on any atom is 0.295 e. The molecule has 9 heteroatoms. The Kier molecular flexibility index (Phi) is 6.11. The zero-order valence-electron chi connectivity index (χ0n) is 16.7. The lowest BCUT2D eigenvalue weighted by Gasteiger charge is -2.24. The first-order valence-corrected chi connectivity index (χ1v) is 10.9. The van der Waals surface area contributed by atoms with Gasteiger partial charge in [0.15, 0.2) is 0 Å². The molecule has 31 heavy (non-hydrogen) atoms. The second kappa shape index (κ2) is 8.95. The highest BCUT2D eigenvalue weighted by Crippen LogP contribution is 2.42. The number of imidazole rings is 1. The van der Waals surface area contributed by atoms with Crippen LogP contribution in [0.3, 0.4) is 0 Å². The number of carbonyl (C=O) groups excluding carboxylic acids is 2. The number of rotatable bonds is 7. The molecule has 2 aromatic heterocycles. The van der Waals surface area contributed by atoms with Gasteiger partial charge in [0.05, 0.1) is 30.6 Å². The average Bonchev–Trinajstić information content (AvgIpc) is 3.52. The SMILES string of the molecule is COc1ccc(Cl)cc1C(O)=C1C(=O)C(=O)N(CCCn2ccnc2)C1c1cccs1.